The van der Waals surface area contributed by atoms with Crippen LogP contribution in [0, 0.1) is 6.92 Å². The second kappa shape index (κ2) is 7.11. The van der Waals surface area contributed by atoms with Gasteiger partial charge in [0, 0.05) is 26.7 Å². The lowest BCUT2D eigenvalue weighted by atomic mass is 10.2. The summed E-state index contributed by atoms with van der Waals surface area (Å²) in [5.74, 6) is 0.0374. The number of hydrogen-bond acceptors (Lipinski definition) is 5. The third-order valence-electron chi connectivity index (χ3n) is 3.42. The van der Waals surface area contributed by atoms with Crippen molar-refractivity contribution in [1.82, 2.24) is 9.97 Å². The largest absolute Gasteiger partial charge is 0.357 e. The molecular weight excluding hydrogens is 388 g/mol. The Morgan fingerprint density at radius 1 is 1.38 bits per heavy atom. The first-order chi connectivity index (χ1) is 11.5. The number of hydrazone groups is 1. The number of benzene rings is 1. The number of nitrogens with one attached hydrogen (secondary N) is 2. The van der Waals surface area contributed by atoms with Gasteiger partial charge in [-0.25, -0.2) is 4.98 Å². The fraction of sp³-hybridized carbons (Fsp3) is 0.118. The van der Waals surface area contributed by atoms with Gasteiger partial charge in [-0.1, -0.05) is 28.1 Å². The van der Waals surface area contributed by atoms with Crippen molar-refractivity contribution in [2.45, 2.75) is 13.8 Å². The van der Waals surface area contributed by atoms with Gasteiger partial charge in [0.2, 0.25) is 5.13 Å². The van der Waals surface area contributed by atoms with E-state index >= 15 is 0 Å². The summed E-state index contributed by atoms with van der Waals surface area (Å²) in [7, 11) is 0. The first kappa shape index (κ1) is 16.6. The Balaban J connectivity index is 1.68. The average molecular weight is 403 g/mol. The van der Waals surface area contributed by atoms with Crippen LogP contribution >= 0.6 is 27.3 Å². The van der Waals surface area contributed by atoms with E-state index < -0.39 is 0 Å². The van der Waals surface area contributed by atoms with Crippen LogP contribution in [0.5, 0.6) is 0 Å². The highest BCUT2D eigenvalue weighted by atomic mass is 79.9. The smallest absolute Gasteiger partial charge is 0.203 e. The number of aromatic nitrogens is 2. The van der Waals surface area contributed by atoms with Gasteiger partial charge in [-0.2, -0.15) is 5.10 Å². The van der Waals surface area contributed by atoms with Crippen molar-refractivity contribution in [3.05, 3.63) is 57.1 Å². The van der Waals surface area contributed by atoms with Crippen LogP contribution in [0.15, 0.2) is 45.3 Å². The molecule has 0 radical (unpaired) electrons. The SMILES string of the molecule is CC(=O)c1cc(/C=N/Nc2nc(-c3ccc(Br)cc3)cs2)[nH]c1C. The summed E-state index contributed by atoms with van der Waals surface area (Å²) in [6, 6.07) is 9.78. The van der Waals surface area contributed by atoms with E-state index in [9.17, 15) is 4.79 Å². The standard InChI is InChI=1S/C17H15BrN4OS/c1-10-15(11(2)23)7-14(20-10)8-19-22-17-21-16(9-24-17)12-3-5-13(18)6-4-12/h3-9,20H,1-2H3,(H,21,22)/b19-8+. The minimum Gasteiger partial charge on any atom is -0.357 e. The Hall–Kier alpha value is -2.25. The molecule has 7 heteroatoms. The van der Waals surface area contributed by atoms with E-state index in [1.54, 1.807) is 19.2 Å². The number of halogens is 1. The lowest BCUT2D eigenvalue weighted by Crippen LogP contribution is -1.91. The van der Waals surface area contributed by atoms with E-state index in [0.29, 0.717) is 10.7 Å². The van der Waals surface area contributed by atoms with Gasteiger partial charge in [0.05, 0.1) is 17.6 Å². The number of carbonyl (C=O) groups excluding carboxylic acids is 1. The van der Waals surface area contributed by atoms with Gasteiger partial charge in [-0.15, -0.1) is 11.3 Å². The molecule has 24 heavy (non-hydrogen) atoms. The molecule has 0 aliphatic heterocycles. The summed E-state index contributed by atoms with van der Waals surface area (Å²) < 4.78 is 1.04. The zero-order chi connectivity index (χ0) is 17.1. The van der Waals surface area contributed by atoms with Gasteiger partial charge in [0.15, 0.2) is 5.78 Å². The van der Waals surface area contributed by atoms with Crippen molar-refractivity contribution in [3.63, 3.8) is 0 Å². The van der Waals surface area contributed by atoms with Crippen LogP contribution in [0.25, 0.3) is 11.3 Å². The lowest BCUT2D eigenvalue weighted by molar-refractivity contribution is 0.101. The molecule has 3 aromatic rings. The maximum absolute atomic E-state index is 11.4. The van der Waals surface area contributed by atoms with Crippen LogP contribution in [0.4, 0.5) is 5.13 Å². The first-order valence-corrected chi connectivity index (χ1v) is 8.91. The van der Waals surface area contributed by atoms with Gasteiger partial charge < -0.3 is 4.98 Å². The number of ketones is 1. The Morgan fingerprint density at radius 2 is 2.12 bits per heavy atom. The first-order valence-electron chi connectivity index (χ1n) is 7.24. The molecule has 0 amide bonds. The number of anilines is 1. The summed E-state index contributed by atoms with van der Waals surface area (Å²) in [5.41, 5.74) is 7.17. The number of Topliss-reactive ketones (excluding diaryl/α,β-unsaturated/α-hetero) is 1. The fourth-order valence-corrected chi connectivity index (χ4v) is 3.19. The Labute approximate surface area is 152 Å². The second-order valence-electron chi connectivity index (χ2n) is 5.23. The van der Waals surface area contributed by atoms with Crippen molar-refractivity contribution >= 4 is 44.4 Å². The molecule has 0 fully saturated rings. The number of nitrogens with zero attached hydrogens (tertiary/aromatic N) is 2. The van der Waals surface area contributed by atoms with Gasteiger partial charge >= 0.3 is 0 Å². The average Bonchev–Trinajstić information content (AvgIpc) is 3.15. The van der Waals surface area contributed by atoms with E-state index in [2.05, 4.69) is 36.4 Å². The van der Waals surface area contributed by atoms with Crippen LogP contribution in [0.3, 0.4) is 0 Å². The van der Waals surface area contributed by atoms with Crippen LogP contribution in [0.2, 0.25) is 0 Å². The molecule has 0 spiro atoms. The second-order valence-corrected chi connectivity index (χ2v) is 7.01. The van der Waals surface area contributed by atoms with Crippen molar-refractivity contribution < 1.29 is 4.79 Å². The van der Waals surface area contributed by atoms with Crippen LogP contribution < -0.4 is 5.43 Å². The minimum absolute atomic E-state index is 0.0374. The predicted molar refractivity (Wildman–Crippen MR) is 102 cm³/mol. The van der Waals surface area contributed by atoms with E-state index in [1.807, 2.05) is 36.6 Å². The number of hydrogen-bond donors (Lipinski definition) is 2. The summed E-state index contributed by atoms with van der Waals surface area (Å²) >= 11 is 4.91. The van der Waals surface area contributed by atoms with Crippen molar-refractivity contribution in [2.24, 2.45) is 5.10 Å². The Bertz CT molecular complexity index is 896. The molecule has 3 rings (SSSR count). The van der Waals surface area contributed by atoms with Crippen LogP contribution in [-0.2, 0) is 0 Å². The van der Waals surface area contributed by atoms with Crippen LogP contribution in [0.1, 0.15) is 28.7 Å². The Kier molecular flexibility index (Phi) is 4.92. The zero-order valence-electron chi connectivity index (χ0n) is 13.1. The summed E-state index contributed by atoms with van der Waals surface area (Å²) in [6.45, 7) is 3.42. The summed E-state index contributed by atoms with van der Waals surface area (Å²) in [6.07, 6.45) is 1.64. The molecule has 0 bridgehead atoms. The van der Waals surface area contributed by atoms with Gasteiger partial charge in [-0.3, -0.25) is 10.2 Å². The van der Waals surface area contributed by atoms with Gasteiger partial charge in [0.25, 0.3) is 0 Å². The third-order valence-corrected chi connectivity index (χ3v) is 4.70. The minimum atomic E-state index is 0.0374. The fourth-order valence-electron chi connectivity index (χ4n) is 2.25. The van der Waals surface area contributed by atoms with E-state index in [0.717, 1.165) is 27.1 Å². The molecule has 2 heterocycles. The van der Waals surface area contributed by atoms with Gasteiger partial charge in [-0.05, 0) is 32.0 Å². The quantitative estimate of drug-likeness (QED) is 0.363. The maximum atomic E-state index is 11.4. The molecule has 0 unspecified atom stereocenters. The lowest BCUT2D eigenvalue weighted by Gasteiger charge is -1.96. The third kappa shape index (κ3) is 3.80. The molecule has 2 aromatic heterocycles. The highest BCUT2D eigenvalue weighted by molar-refractivity contribution is 9.10. The number of aryl methyl sites for hydroxylation is 1. The highest BCUT2D eigenvalue weighted by Crippen LogP contribution is 2.26. The molecular formula is C17H15BrN4OS. The number of rotatable bonds is 5. The molecule has 2 N–H and O–H groups in total. The molecule has 0 aliphatic carbocycles. The summed E-state index contributed by atoms with van der Waals surface area (Å²) in [5, 5.41) is 6.86. The molecule has 5 nitrogen and oxygen atoms in total. The van der Waals surface area contributed by atoms with Crippen molar-refractivity contribution in [2.75, 3.05) is 5.43 Å². The highest BCUT2D eigenvalue weighted by Gasteiger charge is 2.07. The maximum Gasteiger partial charge on any atom is 0.203 e. The molecule has 122 valence electrons. The number of aromatic amines is 1. The predicted octanol–water partition coefficient (Wildman–Crippen LogP) is 4.86. The zero-order valence-corrected chi connectivity index (χ0v) is 15.5. The van der Waals surface area contributed by atoms with E-state index in [4.69, 9.17) is 0 Å². The molecule has 1 aromatic carbocycles. The van der Waals surface area contributed by atoms with Crippen LogP contribution in [-0.4, -0.2) is 22.0 Å². The Morgan fingerprint density at radius 3 is 2.79 bits per heavy atom. The topological polar surface area (TPSA) is 70.1 Å². The van der Waals surface area contributed by atoms with Crippen molar-refractivity contribution in [3.8, 4) is 11.3 Å². The number of thiazole rings is 1. The van der Waals surface area contributed by atoms with Crippen molar-refractivity contribution in [1.29, 1.82) is 0 Å². The summed E-state index contributed by atoms with van der Waals surface area (Å²) in [4.78, 5) is 19.1. The molecule has 0 saturated heterocycles. The van der Waals surface area contributed by atoms with E-state index in [-0.39, 0.29) is 5.78 Å². The van der Waals surface area contributed by atoms with Gasteiger partial charge in [0.1, 0.15) is 0 Å². The monoisotopic (exact) mass is 402 g/mol. The normalized spacial score (nSPS) is 11.1. The molecule has 0 saturated carbocycles. The molecule has 0 atom stereocenters. The van der Waals surface area contributed by atoms with E-state index in [1.165, 1.54) is 11.3 Å². The number of carbonyl (C=O) groups is 1. The number of H-pyrrole nitrogens is 1. The molecule has 0 aliphatic rings.